The molecule has 1 fully saturated rings. The van der Waals surface area contributed by atoms with E-state index in [1.54, 1.807) is 0 Å². The van der Waals surface area contributed by atoms with Crippen molar-refractivity contribution in [2.24, 2.45) is 0 Å². The summed E-state index contributed by atoms with van der Waals surface area (Å²) in [6, 6.07) is 1.25. The molecule has 5 nitrogen and oxygen atoms in total. The molecule has 0 spiro atoms. The molecular weight excluding hydrogens is 252 g/mol. The number of nitrogens with one attached hydrogen (secondary N) is 1. The van der Waals surface area contributed by atoms with E-state index < -0.39 is 15.5 Å². The van der Waals surface area contributed by atoms with Gasteiger partial charge < -0.3 is 4.98 Å². The van der Waals surface area contributed by atoms with Crippen LogP contribution in [0.15, 0.2) is 28.2 Å². The van der Waals surface area contributed by atoms with Gasteiger partial charge in [-0.2, -0.15) is 4.31 Å². The molecule has 2 heterocycles. The van der Waals surface area contributed by atoms with Gasteiger partial charge in [-0.3, -0.25) is 4.79 Å². The summed E-state index contributed by atoms with van der Waals surface area (Å²) < 4.78 is 26.2. The van der Waals surface area contributed by atoms with Crippen molar-refractivity contribution in [2.75, 3.05) is 13.1 Å². The van der Waals surface area contributed by atoms with Gasteiger partial charge in [-0.05, 0) is 12.8 Å². The normalized spacial score (nSPS) is 19.1. The minimum Gasteiger partial charge on any atom is -0.366 e. The first-order valence-electron chi connectivity index (χ1n) is 6.29. The van der Waals surface area contributed by atoms with Crippen LogP contribution in [0.5, 0.6) is 0 Å². The third-order valence-electron chi connectivity index (χ3n) is 3.22. The van der Waals surface area contributed by atoms with E-state index in [0.29, 0.717) is 13.1 Å². The Labute approximate surface area is 107 Å². The third kappa shape index (κ3) is 2.81. The summed E-state index contributed by atoms with van der Waals surface area (Å²) in [5, 5.41) is 0. The van der Waals surface area contributed by atoms with Crippen LogP contribution in [0.4, 0.5) is 0 Å². The Morgan fingerprint density at radius 2 is 1.67 bits per heavy atom. The van der Waals surface area contributed by atoms with Crippen LogP contribution in [-0.4, -0.2) is 30.8 Å². The number of rotatable bonds is 2. The van der Waals surface area contributed by atoms with E-state index in [-0.39, 0.29) is 4.90 Å². The van der Waals surface area contributed by atoms with Gasteiger partial charge in [-0.15, -0.1) is 0 Å². The quantitative estimate of drug-likeness (QED) is 0.881. The Balaban J connectivity index is 2.29. The molecule has 2 rings (SSSR count). The highest BCUT2D eigenvalue weighted by Gasteiger charge is 2.26. The Morgan fingerprint density at radius 1 is 1.06 bits per heavy atom. The van der Waals surface area contributed by atoms with E-state index >= 15 is 0 Å². The highest BCUT2D eigenvalue weighted by molar-refractivity contribution is 7.89. The maximum atomic E-state index is 12.4. The summed E-state index contributed by atoms with van der Waals surface area (Å²) in [5.74, 6) is 0. The van der Waals surface area contributed by atoms with Crippen molar-refractivity contribution >= 4 is 10.0 Å². The standard InChI is InChI=1S/C12H18N2O3S/c15-11-6-7-13-10-12(11)18(16,17)14-8-4-2-1-3-5-9-14/h6-7,10H,1-5,8-9H2,(H,13,15). The van der Waals surface area contributed by atoms with Gasteiger partial charge in [0.05, 0.1) is 0 Å². The maximum absolute atomic E-state index is 12.4. The van der Waals surface area contributed by atoms with Crippen LogP contribution >= 0.6 is 0 Å². The van der Waals surface area contributed by atoms with E-state index in [9.17, 15) is 13.2 Å². The molecule has 0 unspecified atom stereocenters. The smallest absolute Gasteiger partial charge is 0.248 e. The molecule has 1 N–H and O–H groups in total. The number of sulfonamides is 1. The van der Waals surface area contributed by atoms with Crippen LogP contribution in [0, 0.1) is 0 Å². The fourth-order valence-corrected chi connectivity index (χ4v) is 3.76. The molecule has 0 atom stereocenters. The number of aromatic amines is 1. The number of hydrogen-bond donors (Lipinski definition) is 1. The SMILES string of the molecule is O=c1cc[nH]cc1S(=O)(=O)N1CCCCCCC1. The Morgan fingerprint density at radius 3 is 2.28 bits per heavy atom. The summed E-state index contributed by atoms with van der Waals surface area (Å²) in [6.07, 6.45) is 7.72. The number of hydrogen-bond acceptors (Lipinski definition) is 3. The van der Waals surface area contributed by atoms with Crippen molar-refractivity contribution < 1.29 is 8.42 Å². The predicted octanol–water partition coefficient (Wildman–Crippen LogP) is 1.33. The van der Waals surface area contributed by atoms with Gasteiger partial charge in [0.1, 0.15) is 4.90 Å². The summed E-state index contributed by atoms with van der Waals surface area (Å²) in [5.41, 5.74) is -0.448. The van der Waals surface area contributed by atoms with Crippen LogP contribution in [0.3, 0.4) is 0 Å². The molecule has 0 amide bonds. The van der Waals surface area contributed by atoms with Gasteiger partial charge in [0.15, 0.2) is 0 Å². The van der Waals surface area contributed by atoms with Crippen LogP contribution in [0.25, 0.3) is 0 Å². The largest absolute Gasteiger partial charge is 0.366 e. The number of aromatic nitrogens is 1. The summed E-state index contributed by atoms with van der Waals surface area (Å²) in [4.78, 5) is 14.2. The van der Waals surface area contributed by atoms with Gasteiger partial charge in [-0.1, -0.05) is 19.3 Å². The van der Waals surface area contributed by atoms with Crippen molar-refractivity contribution in [3.63, 3.8) is 0 Å². The molecule has 1 aromatic heterocycles. The molecule has 100 valence electrons. The topological polar surface area (TPSA) is 70.2 Å². The molecule has 1 aromatic rings. The van der Waals surface area contributed by atoms with Crippen LogP contribution < -0.4 is 5.43 Å². The molecule has 0 aromatic carbocycles. The van der Waals surface area contributed by atoms with Crippen LogP contribution in [0.2, 0.25) is 0 Å². The molecule has 0 radical (unpaired) electrons. The second-order valence-corrected chi connectivity index (χ2v) is 6.45. The van der Waals surface area contributed by atoms with Gasteiger partial charge in [0, 0.05) is 31.5 Å². The minimum absolute atomic E-state index is 0.148. The molecule has 1 aliphatic rings. The zero-order valence-corrected chi connectivity index (χ0v) is 11.1. The number of nitrogens with zero attached hydrogens (tertiary/aromatic N) is 1. The molecular formula is C12H18N2O3S. The summed E-state index contributed by atoms with van der Waals surface area (Å²) in [6.45, 7) is 1.02. The molecule has 0 aliphatic carbocycles. The monoisotopic (exact) mass is 270 g/mol. The zero-order chi connectivity index (χ0) is 13.0. The number of pyridine rings is 1. The van der Waals surface area contributed by atoms with E-state index in [4.69, 9.17) is 0 Å². The van der Waals surface area contributed by atoms with Crippen molar-refractivity contribution in [3.05, 3.63) is 28.7 Å². The average Bonchev–Trinajstić information content (AvgIpc) is 2.28. The van der Waals surface area contributed by atoms with Crippen LogP contribution in [-0.2, 0) is 10.0 Å². The van der Waals surface area contributed by atoms with Gasteiger partial charge in [-0.25, -0.2) is 8.42 Å². The lowest BCUT2D eigenvalue weighted by molar-refractivity contribution is 0.364. The van der Waals surface area contributed by atoms with Crippen molar-refractivity contribution in [1.82, 2.24) is 9.29 Å². The molecule has 18 heavy (non-hydrogen) atoms. The Hall–Kier alpha value is -1.14. The highest BCUT2D eigenvalue weighted by Crippen LogP contribution is 2.17. The van der Waals surface area contributed by atoms with E-state index in [0.717, 1.165) is 25.7 Å². The molecule has 1 saturated heterocycles. The first-order chi connectivity index (χ1) is 8.62. The second-order valence-electron chi connectivity index (χ2n) is 4.54. The van der Waals surface area contributed by atoms with Crippen molar-refractivity contribution in [3.8, 4) is 0 Å². The lowest BCUT2D eigenvalue weighted by Crippen LogP contribution is -2.36. The third-order valence-corrected chi connectivity index (χ3v) is 5.14. The van der Waals surface area contributed by atoms with Crippen molar-refractivity contribution in [1.29, 1.82) is 0 Å². The van der Waals surface area contributed by atoms with Gasteiger partial charge in [0.25, 0.3) is 0 Å². The summed E-state index contributed by atoms with van der Waals surface area (Å²) in [7, 11) is -3.64. The first-order valence-corrected chi connectivity index (χ1v) is 7.73. The summed E-state index contributed by atoms with van der Waals surface area (Å²) >= 11 is 0. The van der Waals surface area contributed by atoms with E-state index in [1.807, 2.05) is 0 Å². The zero-order valence-electron chi connectivity index (χ0n) is 10.3. The van der Waals surface area contributed by atoms with Crippen LogP contribution in [0.1, 0.15) is 32.1 Å². The minimum atomic E-state index is -3.64. The molecule has 6 heteroatoms. The van der Waals surface area contributed by atoms with Crippen molar-refractivity contribution in [2.45, 2.75) is 37.0 Å². The molecule has 0 bridgehead atoms. The van der Waals surface area contributed by atoms with Gasteiger partial charge in [0.2, 0.25) is 15.5 Å². The second kappa shape index (κ2) is 5.67. The molecule has 1 aliphatic heterocycles. The van der Waals surface area contributed by atoms with Gasteiger partial charge >= 0.3 is 0 Å². The van der Waals surface area contributed by atoms with E-state index in [2.05, 4.69) is 4.98 Å². The highest BCUT2D eigenvalue weighted by atomic mass is 32.2. The fraction of sp³-hybridized carbons (Fsp3) is 0.583. The first kappa shape index (κ1) is 13.3. The fourth-order valence-electron chi connectivity index (χ4n) is 2.20. The lowest BCUT2D eigenvalue weighted by atomic mass is 10.1. The van der Waals surface area contributed by atoms with E-state index in [1.165, 1.54) is 29.2 Å². The lowest BCUT2D eigenvalue weighted by Gasteiger charge is -2.23. The predicted molar refractivity (Wildman–Crippen MR) is 68.9 cm³/mol. The number of H-pyrrole nitrogens is 1. The average molecular weight is 270 g/mol. The molecule has 0 saturated carbocycles. The Bertz CT molecular complexity index is 542. The maximum Gasteiger partial charge on any atom is 0.248 e. The Kier molecular flexibility index (Phi) is 4.19.